The van der Waals surface area contributed by atoms with Gasteiger partial charge in [0.05, 0.1) is 23.4 Å². The van der Waals surface area contributed by atoms with E-state index in [1.807, 2.05) is 43.7 Å². The molecule has 3 nitrogen and oxygen atoms in total. The fraction of sp³-hybridized carbons (Fsp3) is 0.235. The third-order valence-electron chi connectivity index (χ3n) is 3.84. The summed E-state index contributed by atoms with van der Waals surface area (Å²) in [6.07, 6.45) is 1.85. The second-order valence-corrected chi connectivity index (χ2v) is 5.24. The van der Waals surface area contributed by atoms with Gasteiger partial charge in [0.15, 0.2) is 0 Å². The third kappa shape index (κ3) is 2.67. The molecular formula is C17H18FN3. The van der Waals surface area contributed by atoms with E-state index in [1.165, 1.54) is 6.07 Å². The number of aromatic nitrogens is 2. The Hall–Kier alpha value is -2.20. The summed E-state index contributed by atoms with van der Waals surface area (Å²) in [6.45, 7) is 2.54. The van der Waals surface area contributed by atoms with E-state index in [0.29, 0.717) is 5.56 Å². The van der Waals surface area contributed by atoms with Crippen LogP contribution < -0.4 is 5.32 Å². The molecule has 21 heavy (non-hydrogen) atoms. The molecule has 2 aromatic carbocycles. The number of imidazole rings is 1. The SMILES string of the molecule is CNC(Cn1cnc2ccccc21)c1ccc(F)c(C)c1. The summed E-state index contributed by atoms with van der Waals surface area (Å²) in [4.78, 5) is 4.41. The molecule has 1 heterocycles. The minimum absolute atomic E-state index is 0.113. The normalized spacial score (nSPS) is 12.7. The molecule has 0 spiro atoms. The lowest BCUT2D eigenvalue weighted by Gasteiger charge is -2.18. The van der Waals surface area contributed by atoms with Crippen LogP contribution in [0.3, 0.4) is 0 Å². The first-order valence-electron chi connectivity index (χ1n) is 7.02. The van der Waals surface area contributed by atoms with Crippen molar-refractivity contribution in [1.82, 2.24) is 14.9 Å². The van der Waals surface area contributed by atoms with Crippen molar-refractivity contribution in [3.8, 4) is 0 Å². The summed E-state index contributed by atoms with van der Waals surface area (Å²) in [6, 6.07) is 13.4. The Morgan fingerprint density at radius 2 is 2.05 bits per heavy atom. The number of nitrogens with zero attached hydrogens (tertiary/aromatic N) is 2. The highest BCUT2D eigenvalue weighted by molar-refractivity contribution is 5.74. The second kappa shape index (κ2) is 5.66. The van der Waals surface area contributed by atoms with Crippen molar-refractivity contribution < 1.29 is 4.39 Å². The lowest BCUT2D eigenvalue weighted by Crippen LogP contribution is -2.21. The molecule has 3 rings (SSSR count). The van der Waals surface area contributed by atoms with E-state index in [0.717, 1.165) is 23.1 Å². The number of benzene rings is 2. The molecule has 3 aromatic rings. The average Bonchev–Trinajstić information content (AvgIpc) is 2.91. The quantitative estimate of drug-likeness (QED) is 0.795. The summed E-state index contributed by atoms with van der Waals surface area (Å²) in [5.41, 5.74) is 3.84. The smallest absolute Gasteiger partial charge is 0.126 e. The maximum absolute atomic E-state index is 13.4. The molecule has 0 aliphatic rings. The van der Waals surface area contributed by atoms with Crippen LogP contribution in [0.25, 0.3) is 11.0 Å². The van der Waals surface area contributed by atoms with Crippen LogP contribution >= 0.6 is 0 Å². The molecule has 0 saturated heterocycles. The van der Waals surface area contributed by atoms with Gasteiger partial charge in [0.2, 0.25) is 0 Å². The van der Waals surface area contributed by atoms with Gasteiger partial charge in [-0.15, -0.1) is 0 Å². The van der Waals surface area contributed by atoms with E-state index in [2.05, 4.69) is 20.9 Å². The topological polar surface area (TPSA) is 29.9 Å². The summed E-state index contributed by atoms with van der Waals surface area (Å²) in [5.74, 6) is -0.165. The van der Waals surface area contributed by atoms with E-state index in [4.69, 9.17) is 0 Å². The lowest BCUT2D eigenvalue weighted by molar-refractivity contribution is 0.506. The van der Waals surface area contributed by atoms with Gasteiger partial charge in [0, 0.05) is 6.54 Å². The molecule has 0 saturated carbocycles. The van der Waals surface area contributed by atoms with Crippen molar-refractivity contribution in [3.63, 3.8) is 0 Å². The van der Waals surface area contributed by atoms with Gasteiger partial charge in [0.1, 0.15) is 5.82 Å². The number of likely N-dealkylation sites (N-methyl/N-ethyl adjacent to an activating group) is 1. The van der Waals surface area contributed by atoms with Crippen molar-refractivity contribution in [2.75, 3.05) is 7.05 Å². The minimum atomic E-state index is -0.165. The maximum atomic E-state index is 13.4. The van der Waals surface area contributed by atoms with E-state index in [9.17, 15) is 4.39 Å². The van der Waals surface area contributed by atoms with Crippen LogP contribution in [-0.2, 0) is 6.54 Å². The molecule has 1 N–H and O–H groups in total. The van der Waals surface area contributed by atoms with Crippen LogP contribution in [-0.4, -0.2) is 16.6 Å². The largest absolute Gasteiger partial charge is 0.329 e. The Balaban J connectivity index is 1.92. The number of rotatable bonds is 4. The second-order valence-electron chi connectivity index (χ2n) is 5.24. The van der Waals surface area contributed by atoms with Gasteiger partial charge in [-0.25, -0.2) is 9.37 Å². The molecule has 0 fully saturated rings. The number of fused-ring (bicyclic) bond motifs is 1. The zero-order chi connectivity index (χ0) is 14.8. The van der Waals surface area contributed by atoms with Gasteiger partial charge >= 0.3 is 0 Å². The number of aryl methyl sites for hydroxylation is 1. The fourth-order valence-electron chi connectivity index (χ4n) is 2.60. The number of nitrogens with one attached hydrogen (secondary N) is 1. The van der Waals surface area contributed by atoms with Crippen LogP contribution in [0.2, 0.25) is 0 Å². The van der Waals surface area contributed by atoms with Crippen LogP contribution in [0.4, 0.5) is 4.39 Å². The predicted molar refractivity (Wildman–Crippen MR) is 82.7 cm³/mol. The van der Waals surface area contributed by atoms with Crippen LogP contribution in [0.1, 0.15) is 17.2 Å². The molecule has 108 valence electrons. The van der Waals surface area contributed by atoms with Gasteiger partial charge < -0.3 is 9.88 Å². The van der Waals surface area contributed by atoms with Gasteiger partial charge in [-0.1, -0.05) is 24.3 Å². The molecule has 0 aliphatic heterocycles. The van der Waals surface area contributed by atoms with Crippen molar-refractivity contribution in [1.29, 1.82) is 0 Å². The Morgan fingerprint density at radius 3 is 2.81 bits per heavy atom. The van der Waals surface area contributed by atoms with Crippen molar-refractivity contribution in [2.45, 2.75) is 19.5 Å². The average molecular weight is 283 g/mol. The summed E-state index contributed by atoms with van der Waals surface area (Å²) < 4.78 is 15.5. The first-order chi connectivity index (χ1) is 10.2. The van der Waals surface area contributed by atoms with Crippen LogP contribution in [0.15, 0.2) is 48.8 Å². The molecule has 4 heteroatoms. The minimum Gasteiger partial charge on any atom is -0.329 e. The first kappa shape index (κ1) is 13.8. The molecule has 0 amide bonds. The number of para-hydroxylation sites is 2. The first-order valence-corrected chi connectivity index (χ1v) is 7.02. The van der Waals surface area contributed by atoms with Gasteiger partial charge in [0.25, 0.3) is 0 Å². The summed E-state index contributed by atoms with van der Waals surface area (Å²) in [7, 11) is 1.92. The maximum Gasteiger partial charge on any atom is 0.126 e. The Bertz CT molecular complexity index is 764. The third-order valence-corrected chi connectivity index (χ3v) is 3.84. The zero-order valence-corrected chi connectivity index (χ0v) is 12.2. The predicted octanol–water partition coefficient (Wildman–Crippen LogP) is 3.44. The van der Waals surface area contributed by atoms with Crippen molar-refractivity contribution in [2.24, 2.45) is 0 Å². The number of halogens is 1. The molecule has 1 aromatic heterocycles. The highest BCUT2D eigenvalue weighted by Crippen LogP contribution is 2.20. The lowest BCUT2D eigenvalue weighted by atomic mass is 10.0. The van der Waals surface area contributed by atoms with E-state index in [-0.39, 0.29) is 11.9 Å². The van der Waals surface area contributed by atoms with Gasteiger partial charge in [-0.05, 0) is 43.3 Å². The Labute approximate surface area is 123 Å². The van der Waals surface area contributed by atoms with E-state index in [1.54, 1.807) is 6.92 Å². The summed E-state index contributed by atoms with van der Waals surface area (Å²) >= 11 is 0. The highest BCUT2D eigenvalue weighted by Gasteiger charge is 2.13. The Morgan fingerprint density at radius 1 is 1.24 bits per heavy atom. The highest BCUT2D eigenvalue weighted by atomic mass is 19.1. The van der Waals surface area contributed by atoms with Crippen LogP contribution in [0.5, 0.6) is 0 Å². The van der Waals surface area contributed by atoms with E-state index >= 15 is 0 Å². The number of hydrogen-bond acceptors (Lipinski definition) is 2. The Kier molecular flexibility index (Phi) is 3.71. The van der Waals surface area contributed by atoms with Gasteiger partial charge in [-0.2, -0.15) is 0 Å². The zero-order valence-electron chi connectivity index (χ0n) is 12.2. The van der Waals surface area contributed by atoms with Crippen molar-refractivity contribution >= 4 is 11.0 Å². The number of hydrogen-bond donors (Lipinski definition) is 1. The summed E-state index contributed by atoms with van der Waals surface area (Å²) in [5, 5.41) is 3.30. The molecule has 1 atom stereocenters. The van der Waals surface area contributed by atoms with Crippen LogP contribution in [0, 0.1) is 12.7 Å². The van der Waals surface area contributed by atoms with Crippen molar-refractivity contribution in [3.05, 3.63) is 65.7 Å². The molecular weight excluding hydrogens is 265 g/mol. The molecule has 0 radical (unpaired) electrons. The van der Waals surface area contributed by atoms with E-state index < -0.39 is 0 Å². The van der Waals surface area contributed by atoms with Gasteiger partial charge in [-0.3, -0.25) is 0 Å². The fourth-order valence-corrected chi connectivity index (χ4v) is 2.60. The molecule has 1 unspecified atom stereocenters. The molecule has 0 bridgehead atoms. The standard InChI is InChI=1S/C17H18FN3/c1-12-9-13(7-8-14(12)18)16(19-2)10-21-11-20-15-5-3-4-6-17(15)21/h3-9,11,16,19H,10H2,1-2H3. The monoisotopic (exact) mass is 283 g/mol. The molecule has 0 aliphatic carbocycles.